The summed E-state index contributed by atoms with van der Waals surface area (Å²) in [5.41, 5.74) is 3.25. The zero-order valence-electron chi connectivity index (χ0n) is 18.3. The van der Waals surface area contributed by atoms with Gasteiger partial charge in [-0.15, -0.1) is 0 Å². The first kappa shape index (κ1) is 24.0. The van der Waals surface area contributed by atoms with Gasteiger partial charge in [-0.05, 0) is 54.7 Å². The van der Waals surface area contributed by atoms with Crippen LogP contribution < -0.4 is 4.74 Å². The van der Waals surface area contributed by atoms with Crippen molar-refractivity contribution in [2.45, 2.75) is 39.7 Å². The van der Waals surface area contributed by atoms with Gasteiger partial charge in [0, 0.05) is 13.0 Å². The standard InChI is InChI=1S/C25H27NO4S2/c1-3-15-29-23(27)9-6-14-26-24(28)22(32-25(26)31)16-19-10-12-21(13-11-19)30-17-20-8-5-4-7-18(20)2/h4-5,7-8,10-13,16H,3,6,9,14-15,17H2,1-2H3/b22-16-. The van der Waals surface area contributed by atoms with Crippen LogP contribution in [0.15, 0.2) is 53.4 Å². The summed E-state index contributed by atoms with van der Waals surface area (Å²) >= 11 is 6.65. The van der Waals surface area contributed by atoms with Crippen molar-refractivity contribution in [1.29, 1.82) is 0 Å². The Morgan fingerprint density at radius 1 is 1.16 bits per heavy atom. The van der Waals surface area contributed by atoms with E-state index in [9.17, 15) is 9.59 Å². The molecule has 0 N–H and O–H groups in total. The molecule has 0 aromatic heterocycles. The van der Waals surface area contributed by atoms with E-state index in [1.165, 1.54) is 17.3 Å². The monoisotopic (exact) mass is 469 g/mol. The molecule has 1 amide bonds. The number of esters is 1. The fourth-order valence-corrected chi connectivity index (χ4v) is 4.42. The molecule has 7 heteroatoms. The number of nitrogens with zero attached hydrogens (tertiary/aromatic N) is 1. The van der Waals surface area contributed by atoms with Crippen LogP contribution in [0.3, 0.4) is 0 Å². The number of hydrogen-bond acceptors (Lipinski definition) is 6. The lowest BCUT2D eigenvalue weighted by atomic mass is 10.1. The molecule has 1 fully saturated rings. The van der Waals surface area contributed by atoms with Gasteiger partial charge in [-0.1, -0.05) is 67.3 Å². The Hall–Kier alpha value is -2.64. The zero-order valence-corrected chi connectivity index (χ0v) is 20.0. The molecule has 0 unspecified atom stereocenters. The van der Waals surface area contributed by atoms with Crippen molar-refractivity contribution in [2.75, 3.05) is 13.2 Å². The van der Waals surface area contributed by atoms with Crippen molar-refractivity contribution >= 4 is 46.3 Å². The molecule has 0 spiro atoms. The van der Waals surface area contributed by atoms with Gasteiger partial charge in [0.15, 0.2) is 0 Å². The number of ether oxygens (including phenoxy) is 2. The van der Waals surface area contributed by atoms with E-state index in [1.54, 1.807) is 4.90 Å². The molecule has 0 bridgehead atoms. The molecule has 1 aliphatic rings. The molecule has 1 aliphatic heterocycles. The Bertz CT molecular complexity index is 1000. The second kappa shape index (κ2) is 11.8. The summed E-state index contributed by atoms with van der Waals surface area (Å²) in [6.07, 6.45) is 3.43. The molecule has 32 heavy (non-hydrogen) atoms. The minimum atomic E-state index is -0.238. The van der Waals surface area contributed by atoms with Crippen LogP contribution in [-0.2, 0) is 20.9 Å². The summed E-state index contributed by atoms with van der Waals surface area (Å²) in [6, 6.07) is 15.8. The molecule has 2 aromatic rings. The van der Waals surface area contributed by atoms with Crippen LogP contribution in [0.25, 0.3) is 6.08 Å². The van der Waals surface area contributed by atoms with Gasteiger partial charge in [0.1, 0.15) is 16.7 Å². The van der Waals surface area contributed by atoms with E-state index in [0.29, 0.717) is 35.4 Å². The molecule has 3 rings (SSSR count). The third-order valence-electron chi connectivity index (χ3n) is 4.94. The predicted molar refractivity (Wildman–Crippen MR) is 132 cm³/mol. The second-order valence-electron chi connectivity index (χ2n) is 7.44. The zero-order chi connectivity index (χ0) is 22.9. The number of carbonyl (C=O) groups excluding carboxylic acids is 2. The van der Waals surface area contributed by atoms with Crippen LogP contribution in [0.5, 0.6) is 5.75 Å². The normalized spacial score (nSPS) is 14.8. The molecule has 0 saturated carbocycles. The van der Waals surface area contributed by atoms with Crippen molar-refractivity contribution in [3.05, 3.63) is 70.1 Å². The van der Waals surface area contributed by atoms with E-state index in [4.69, 9.17) is 21.7 Å². The number of thiocarbonyl (C=S) groups is 1. The number of thioether (sulfide) groups is 1. The highest BCUT2D eigenvalue weighted by molar-refractivity contribution is 8.26. The molecule has 1 heterocycles. The Morgan fingerprint density at radius 2 is 1.91 bits per heavy atom. The maximum atomic E-state index is 12.7. The van der Waals surface area contributed by atoms with Gasteiger partial charge >= 0.3 is 5.97 Å². The Morgan fingerprint density at radius 3 is 2.62 bits per heavy atom. The molecule has 1 saturated heterocycles. The van der Waals surface area contributed by atoms with Crippen LogP contribution in [0.2, 0.25) is 0 Å². The van der Waals surface area contributed by atoms with Crippen molar-refractivity contribution < 1.29 is 19.1 Å². The van der Waals surface area contributed by atoms with Gasteiger partial charge < -0.3 is 9.47 Å². The SMILES string of the molecule is CCCOC(=O)CCCN1C(=O)/C(=C/c2ccc(OCc3ccccc3C)cc2)SC1=S. The van der Waals surface area contributed by atoms with E-state index >= 15 is 0 Å². The third kappa shape index (κ3) is 6.68. The van der Waals surface area contributed by atoms with Crippen molar-refractivity contribution in [2.24, 2.45) is 0 Å². The highest BCUT2D eigenvalue weighted by Gasteiger charge is 2.31. The largest absolute Gasteiger partial charge is 0.489 e. The van der Waals surface area contributed by atoms with Crippen molar-refractivity contribution in [1.82, 2.24) is 4.90 Å². The van der Waals surface area contributed by atoms with Gasteiger partial charge in [-0.3, -0.25) is 14.5 Å². The van der Waals surface area contributed by atoms with E-state index in [0.717, 1.165) is 23.3 Å². The first-order valence-electron chi connectivity index (χ1n) is 10.7. The smallest absolute Gasteiger partial charge is 0.305 e. The van der Waals surface area contributed by atoms with Crippen LogP contribution in [-0.4, -0.2) is 34.2 Å². The van der Waals surface area contributed by atoms with Gasteiger partial charge in [0.05, 0.1) is 11.5 Å². The lowest BCUT2D eigenvalue weighted by Crippen LogP contribution is -2.29. The fraction of sp³-hybridized carbons (Fsp3) is 0.320. The number of carbonyl (C=O) groups is 2. The first-order valence-corrected chi connectivity index (χ1v) is 11.9. The van der Waals surface area contributed by atoms with E-state index in [2.05, 4.69) is 19.1 Å². The van der Waals surface area contributed by atoms with Crippen molar-refractivity contribution in [3.8, 4) is 5.75 Å². The maximum absolute atomic E-state index is 12.7. The van der Waals surface area contributed by atoms with E-state index < -0.39 is 0 Å². The summed E-state index contributed by atoms with van der Waals surface area (Å²) in [7, 11) is 0. The van der Waals surface area contributed by atoms with E-state index in [1.807, 2.05) is 49.4 Å². The van der Waals surface area contributed by atoms with Gasteiger partial charge in [-0.2, -0.15) is 0 Å². The fourth-order valence-electron chi connectivity index (χ4n) is 3.11. The third-order valence-corrected chi connectivity index (χ3v) is 6.31. The lowest BCUT2D eigenvalue weighted by Gasteiger charge is -2.13. The number of amides is 1. The Balaban J connectivity index is 1.53. The highest BCUT2D eigenvalue weighted by Crippen LogP contribution is 2.33. The first-order chi connectivity index (χ1) is 15.5. The maximum Gasteiger partial charge on any atom is 0.305 e. The summed E-state index contributed by atoms with van der Waals surface area (Å²) < 4.78 is 11.5. The second-order valence-corrected chi connectivity index (χ2v) is 9.12. The Labute approximate surface area is 198 Å². The average Bonchev–Trinajstić information content (AvgIpc) is 3.05. The predicted octanol–water partition coefficient (Wildman–Crippen LogP) is 5.51. The summed E-state index contributed by atoms with van der Waals surface area (Å²) in [5, 5.41) is 0. The Kier molecular flexibility index (Phi) is 8.88. The van der Waals surface area contributed by atoms with Crippen LogP contribution in [0.1, 0.15) is 42.9 Å². The summed E-state index contributed by atoms with van der Waals surface area (Å²) in [5.74, 6) is 0.410. The average molecular weight is 470 g/mol. The van der Waals surface area contributed by atoms with Gasteiger partial charge in [0.2, 0.25) is 0 Å². The van der Waals surface area contributed by atoms with Crippen LogP contribution in [0.4, 0.5) is 0 Å². The van der Waals surface area contributed by atoms with E-state index in [-0.39, 0.29) is 18.3 Å². The number of hydrogen-bond donors (Lipinski definition) is 0. The van der Waals surface area contributed by atoms with Crippen LogP contribution in [0, 0.1) is 6.92 Å². The topological polar surface area (TPSA) is 55.8 Å². The number of rotatable bonds is 10. The number of benzene rings is 2. The molecular formula is C25H27NO4S2. The quantitative estimate of drug-likeness (QED) is 0.260. The van der Waals surface area contributed by atoms with Gasteiger partial charge in [0.25, 0.3) is 5.91 Å². The molecule has 2 aromatic carbocycles. The summed E-state index contributed by atoms with van der Waals surface area (Å²) in [4.78, 5) is 26.5. The highest BCUT2D eigenvalue weighted by atomic mass is 32.2. The minimum Gasteiger partial charge on any atom is -0.489 e. The molecule has 0 aliphatic carbocycles. The lowest BCUT2D eigenvalue weighted by molar-refractivity contribution is -0.144. The van der Waals surface area contributed by atoms with Gasteiger partial charge in [-0.25, -0.2) is 0 Å². The van der Waals surface area contributed by atoms with Crippen LogP contribution >= 0.6 is 24.0 Å². The summed E-state index contributed by atoms with van der Waals surface area (Å²) in [6.45, 7) is 5.37. The minimum absolute atomic E-state index is 0.123. The van der Waals surface area contributed by atoms with Crippen molar-refractivity contribution in [3.63, 3.8) is 0 Å². The number of aryl methyl sites for hydroxylation is 1. The molecule has 0 atom stereocenters. The molecule has 5 nitrogen and oxygen atoms in total. The molecular weight excluding hydrogens is 442 g/mol. The molecule has 0 radical (unpaired) electrons. The molecule has 168 valence electrons.